The highest BCUT2D eigenvalue weighted by molar-refractivity contribution is 5.15. The molecule has 4 heteroatoms. The van der Waals surface area contributed by atoms with Crippen molar-refractivity contribution < 1.29 is 13.9 Å². The minimum absolute atomic E-state index is 0.564. The first kappa shape index (κ1) is 14.6. The predicted octanol–water partition coefficient (Wildman–Crippen LogP) is 2.58. The van der Waals surface area contributed by atoms with Gasteiger partial charge in [-0.15, -0.1) is 0 Å². The average Bonchev–Trinajstić information content (AvgIpc) is 3.01. The Morgan fingerprint density at radius 3 is 3.11 bits per heavy atom. The Bertz CT molecular complexity index is 356. The SMILES string of the molecule is CC(C)CNCc1occc1COCC1CCOC1. The van der Waals surface area contributed by atoms with Crippen molar-refractivity contribution in [2.24, 2.45) is 11.8 Å². The highest BCUT2D eigenvalue weighted by Gasteiger charge is 2.16. The van der Waals surface area contributed by atoms with E-state index in [-0.39, 0.29) is 0 Å². The molecule has 19 heavy (non-hydrogen) atoms. The monoisotopic (exact) mass is 267 g/mol. The second kappa shape index (κ2) is 7.68. The van der Waals surface area contributed by atoms with Crippen molar-refractivity contribution in [3.8, 4) is 0 Å². The van der Waals surface area contributed by atoms with Gasteiger partial charge in [-0.3, -0.25) is 0 Å². The van der Waals surface area contributed by atoms with Gasteiger partial charge in [0, 0.05) is 18.1 Å². The normalized spacial score (nSPS) is 19.4. The standard InChI is InChI=1S/C15H25NO3/c1-12(2)7-16-8-15-14(4-6-19-15)11-18-10-13-3-5-17-9-13/h4,6,12-13,16H,3,5,7-11H2,1-2H3. The van der Waals surface area contributed by atoms with Crippen molar-refractivity contribution in [2.45, 2.75) is 33.4 Å². The molecule has 1 aromatic heterocycles. The highest BCUT2D eigenvalue weighted by atomic mass is 16.5. The summed E-state index contributed by atoms with van der Waals surface area (Å²) in [5.74, 6) is 2.20. The fourth-order valence-electron chi connectivity index (χ4n) is 2.18. The smallest absolute Gasteiger partial charge is 0.123 e. The number of nitrogens with one attached hydrogen (secondary N) is 1. The molecule has 0 aliphatic carbocycles. The molecule has 0 amide bonds. The van der Waals surface area contributed by atoms with Gasteiger partial charge in [0.2, 0.25) is 0 Å². The lowest BCUT2D eigenvalue weighted by Crippen LogP contribution is -2.19. The maximum absolute atomic E-state index is 5.76. The highest BCUT2D eigenvalue weighted by Crippen LogP contribution is 2.15. The first-order chi connectivity index (χ1) is 9.25. The zero-order valence-corrected chi connectivity index (χ0v) is 12.0. The second-order valence-electron chi connectivity index (χ2n) is 5.64. The molecule has 1 unspecified atom stereocenters. The van der Waals surface area contributed by atoms with Gasteiger partial charge in [-0.2, -0.15) is 0 Å². The van der Waals surface area contributed by atoms with Gasteiger partial charge in [-0.05, 0) is 24.9 Å². The molecule has 4 nitrogen and oxygen atoms in total. The van der Waals surface area contributed by atoms with Crippen LogP contribution >= 0.6 is 0 Å². The summed E-state index contributed by atoms with van der Waals surface area (Å²) >= 11 is 0. The van der Waals surface area contributed by atoms with Gasteiger partial charge in [-0.1, -0.05) is 13.8 Å². The zero-order chi connectivity index (χ0) is 13.5. The first-order valence-corrected chi connectivity index (χ1v) is 7.17. The van der Waals surface area contributed by atoms with Crippen LogP contribution in [-0.4, -0.2) is 26.4 Å². The van der Waals surface area contributed by atoms with E-state index in [1.165, 1.54) is 0 Å². The lowest BCUT2D eigenvalue weighted by molar-refractivity contribution is 0.0782. The molecule has 1 saturated heterocycles. The van der Waals surface area contributed by atoms with E-state index in [1.54, 1.807) is 6.26 Å². The minimum atomic E-state index is 0.564. The van der Waals surface area contributed by atoms with Crippen molar-refractivity contribution in [2.75, 3.05) is 26.4 Å². The molecular weight excluding hydrogens is 242 g/mol. The molecule has 1 aliphatic rings. The summed E-state index contributed by atoms with van der Waals surface area (Å²) in [6, 6.07) is 2.00. The maximum Gasteiger partial charge on any atom is 0.123 e. The van der Waals surface area contributed by atoms with Crippen LogP contribution in [0.1, 0.15) is 31.6 Å². The van der Waals surface area contributed by atoms with E-state index in [9.17, 15) is 0 Å². The van der Waals surface area contributed by atoms with Crippen molar-refractivity contribution in [3.05, 3.63) is 23.7 Å². The van der Waals surface area contributed by atoms with Crippen LogP contribution < -0.4 is 5.32 Å². The predicted molar refractivity (Wildman–Crippen MR) is 73.8 cm³/mol. The van der Waals surface area contributed by atoms with Gasteiger partial charge < -0.3 is 19.2 Å². The fourth-order valence-corrected chi connectivity index (χ4v) is 2.18. The Morgan fingerprint density at radius 2 is 2.37 bits per heavy atom. The van der Waals surface area contributed by atoms with Gasteiger partial charge in [0.15, 0.2) is 0 Å². The van der Waals surface area contributed by atoms with Crippen molar-refractivity contribution in [1.29, 1.82) is 0 Å². The molecule has 0 bridgehead atoms. The topological polar surface area (TPSA) is 43.6 Å². The largest absolute Gasteiger partial charge is 0.468 e. The van der Waals surface area contributed by atoms with Crippen molar-refractivity contribution in [3.63, 3.8) is 0 Å². The number of rotatable bonds is 8. The minimum Gasteiger partial charge on any atom is -0.468 e. The molecule has 0 aromatic carbocycles. The summed E-state index contributed by atoms with van der Waals surface area (Å²) in [4.78, 5) is 0. The molecular formula is C15H25NO3. The third kappa shape index (κ3) is 4.97. The average molecular weight is 267 g/mol. The first-order valence-electron chi connectivity index (χ1n) is 7.17. The number of hydrogen-bond donors (Lipinski definition) is 1. The van der Waals surface area contributed by atoms with Crippen LogP contribution in [0.25, 0.3) is 0 Å². The van der Waals surface area contributed by atoms with E-state index in [4.69, 9.17) is 13.9 Å². The quantitative estimate of drug-likeness (QED) is 0.786. The lowest BCUT2D eigenvalue weighted by atomic mass is 10.1. The summed E-state index contributed by atoms with van der Waals surface area (Å²) in [6.07, 6.45) is 2.86. The van der Waals surface area contributed by atoms with Gasteiger partial charge in [0.25, 0.3) is 0 Å². The van der Waals surface area contributed by atoms with Crippen LogP contribution in [0, 0.1) is 11.8 Å². The summed E-state index contributed by atoms with van der Waals surface area (Å²) in [5.41, 5.74) is 1.15. The molecule has 1 aromatic rings. The van der Waals surface area contributed by atoms with Crippen molar-refractivity contribution >= 4 is 0 Å². The van der Waals surface area contributed by atoms with E-state index >= 15 is 0 Å². The van der Waals surface area contributed by atoms with Gasteiger partial charge in [-0.25, -0.2) is 0 Å². The van der Waals surface area contributed by atoms with Gasteiger partial charge in [0.05, 0.1) is 32.6 Å². The summed E-state index contributed by atoms with van der Waals surface area (Å²) in [6.45, 7) is 9.30. The van der Waals surface area contributed by atoms with Crippen LogP contribution in [0.3, 0.4) is 0 Å². The molecule has 0 saturated carbocycles. The molecule has 1 atom stereocenters. The molecule has 1 N–H and O–H groups in total. The molecule has 1 fully saturated rings. The van der Waals surface area contributed by atoms with Crippen LogP contribution in [0.5, 0.6) is 0 Å². The molecule has 0 radical (unpaired) electrons. The van der Waals surface area contributed by atoms with Crippen LogP contribution in [0.4, 0.5) is 0 Å². The Labute approximate surface area is 115 Å². The Hall–Kier alpha value is -0.840. The molecule has 0 spiro atoms. The lowest BCUT2D eigenvalue weighted by Gasteiger charge is -2.10. The van der Waals surface area contributed by atoms with Crippen molar-refractivity contribution in [1.82, 2.24) is 5.32 Å². The Balaban J connectivity index is 1.69. The van der Waals surface area contributed by atoms with E-state index in [2.05, 4.69) is 19.2 Å². The Morgan fingerprint density at radius 1 is 1.47 bits per heavy atom. The molecule has 108 valence electrons. The summed E-state index contributed by atoms with van der Waals surface area (Å²) in [7, 11) is 0. The third-order valence-corrected chi connectivity index (χ3v) is 3.31. The van der Waals surface area contributed by atoms with Crippen LogP contribution in [0.15, 0.2) is 16.7 Å². The summed E-state index contributed by atoms with van der Waals surface area (Å²) < 4.78 is 16.6. The summed E-state index contributed by atoms with van der Waals surface area (Å²) in [5, 5.41) is 3.39. The Kier molecular flexibility index (Phi) is 5.89. The van der Waals surface area contributed by atoms with E-state index in [1.807, 2.05) is 6.07 Å². The van der Waals surface area contributed by atoms with Crippen LogP contribution in [-0.2, 0) is 22.6 Å². The number of furan rings is 1. The third-order valence-electron chi connectivity index (χ3n) is 3.31. The van der Waals surface area contributed by atoms with Gasteiger partial charge >= 0.3 is 0 Å². The number of hydrogen-bond acceptors (Lipinski definition) is 4. The molecule has 1 aliphatic heterocycles. The fraction of sp³-hybridized carbons (Fsp3) is 0.733. The van der Waals surface area contributed by atoms with Crippen LogP contribution in [0.2, 0.25) is 0 Å². The van der Waals surface area contributed by atoms with Gasteiger partial charge in [0.1, 0.15) is 5.76 Å². The second-order valence-corrected chi connectivity index (χ2v) is 5.64. The molecule has 2 rings (SSSR count). The van der Waals surface area contributed by atoms with E-state index < -0.39 is 0 Å². The van der Waals surface area contributed by atoms with E-state index in [0.29, 0.717) is 18.4 Å². The van der Waals surface area contributed by atoms with E-state index in [0.717, 1.165) is 50.7 Å². The zero-order valence-electron chi connectivity index (χ0n) is 12.0. The maximum atomic E-state index is 5.76. The number of ether oxygens (including phenoxy) is 2. The molecule has 2 heterocycles.